The van der Waals surface area contributed by atoms with Crippen LogP contribution in [0, 0.1) is 5.92 Å². The van der Waals surface area contributed by atoms with Gasteiger partial charge < -0.3 is 11.1 Å². The van der Waals surface area contributed by atoms with Crippen LogP contribution in [-0.4, -0.2) is 19.6 Å². The Hall–Kier alpha value is -0.340. The van der Waals surface area contributed by atoms with Gasteiger partial charge in [0.1, 0.15) is 0 Å². The fourth-order valence-corrected chi connectivity index (χ4v) is 1.45. The molecule has 1 aliphatic rings. The van der Waals surface area contributed by atoms with Crippen LogP contribution < -0.4 is 11.1 Å². The molecule has 0 radical (unpaired) electrons. The second-order valence-electron chi connectivity index (χ2n) is 3.09. The van der Waals surface area contributed by atoms with Crippen LogP contribution in [0.15, 0.2) is 12.2 Å². The third-order valence-electron chi connectivity index (χ3n) is 2.13. The van der Waals surface area contributed by atoms with Gasteiger partial charge in [-0.3, -0.25) is 0 Å². The molecule has 3 N–H and O–H groups in total. The zero-order valence-electron chi connectivity index (χ0n) is 7.05. The SMILES string of the molecule is NCCNCCC1C=CCC1. The van der Waals surface area contributed by atoms with E-state index in [9.17, 15) is 0 Å². The molecule has 1 atom stereocenters. The minimum absolute atomic E-state index is 0.751. The fraction of sp³-hybridized carbons (Fsp3) is 0.778. The number of hydrogen-bond acceptors (Lipinski definition) is 2. The molecule has 0 saturated heterocycles. The van der Waals surface area contributed by atoms with Gasteiger partial charge in [0.25, 0.3) is 0 Å². The topological polar surface area (TPSA) is 38.0 Å². The lowest BCUT2D eigenvalue weighted by atomic mass is 10.1. The number of nitrogens with one attached hydrogen (secondary N) is 1. The third-order valence-corrected chi connectivity index (χ3v) is 2.13. The summed E-state index contributed by atoms with van der Waals surface area (Å²) in [6.07, 6.45) is 8.53. The first-order valence-corrected chi connectivity index (χ1v) is 4.51. The maximum absolute atomic E-state index is 5.35. The molecular formula is C9H18N2. The summed E-state index contributed by atoms with van der Waals surface area (Å²) in [5.74, 6) is 0.834. The molecule has 0 amide bonds. The van der Waals surface area contributed by atoms with Crippen LogP contribution in [0.3, 0.4) is 0 Å². The van der Waals surface area contributed by atoms with Gasteiger partial charge in [-0.2, -0.15) is 0 Å². The van der Waals surface area contributed by atoms with Crippen LogP contribution in [0.1, 0.15) is 19.3 Å². The van der Waals surface area contributed by atoms with E-state index in [-0.39, 0.29) is 0 Å². The van der Waals surface area contributed by atoms with Crippen LogP contribution in [0.4, 0.5) is 0 Å². The van der Waals surface area contributed by atoms with Gasteiger partial charge >= 0.3 is 0 Å². The van der Waals surface area contributed by atoms with E-state index in [0.29, 0.717) is 0 Å². The third kappa shape index (κ3) is 3.54. The Bertz CT molecular complexity index is 121. The highest BCUT2D eigenvalue weighted by Crippen LogP contribution is 2.19. The van der Waals surface area contributed by atoms with Gasteiger partial charge in [0.15, 0.2) is 0 Å². The Labute approximate surface area is 68.9 Å². The smallest absolute Gasteiger partial charge is 0.00745 e. The van der Waals surface area contributed by atoms with Gasteiger partial charge in [-0.25, -0.2) is 0 Å². The molecule has 0 spiro atoms. The lowest BCUT2D eigenvalue weighted by Gasteiger charge is -2.07. The molecule has 0 fully saturated rings. The summed E-state index contributed by atoms with van der Waals surface area (Å²) in [5, 5.41) is 3.30. The Kier molecular flexibility index (Phi) is 4.24. The highest BCUT2D eigenvalue weighted by atomic mass is 14.9. The summed E-state index contributed by atoms with van der Waals surface area (Å²) in [6, 6.07) is 0. The van der Waals surface area contributed by atoms with Gasteiger partial charge in [-0.1, -0.05) is 12.2 Å². The highest BCUT2D eigenvalue weighted by molar-refractivity contribution is 4.95. The van der Waals surface area contributed by atoms with Crippen molar-refractivity contribution in [3.63, 3.8) is 0 Å². The first kappa shape index (κ1) is 8.75. The van der Waals surface area contributed by atoms with Crippen LogP contribution in [-0.2, 0) is 0 Å². The molecule has 0 bridgehead atoms. The predicted octanol–water partition coefficient (Wildman–Crippen LogP) is 0.891. The molecule has 64 valence electrons. The minimum Gasteiger partial charge on any atom is -0.329 e. The molecular weight excluding hydrogens is 136 g/mol. The summed E-state index contributed by atoms with van der Waals surface area (Å²) < 4.78 is 0. The largest absolute Gasteiger partial charge is 0.329 e. The highest BCUT2D eigenvalue weighted by Gasteiger charge is 2.07. The van der Waals surface area contributed by atoms with Gasteiger partial charge in [-0.15, -0.1) is 0 Å². The van der Waals surface area contributed by atoms with Crippen molar-refractivity contribution in [3.8, 4) is 0 Å². The number of allylic oxidation sites excluding steroid dienone is 2. The predicted molar refractivity (Wildman–Crippen MR) is 48.4 cm³/mol. The van der Waals surface area contributed by atoms with E-state index in [4.69, 9.17) is 5.73 Å². The van der Waals surface area contributed by atoms with Crippen LogP contribution >= 0.6 is 0 Å². The van der Waals surface area contributed by atoms with Gasteiger partial charge in [0.05, 0.1) is 0 Å². The number of rotatable bonds is 5. The van der Waals surface area contributed by atoms with E-state index in [1.54, 1.807) is 0 Å². The van der Waals surface area contributed by atoms with Crippen molar-refractivity contribution >= 4 is 0 Å². The van der Waals surface area contributed by atoms with Gasteiger partial charge in [-0.05, 0) is 31.7 Å². The van der Waals surface area contributed by atoms with Crippen LogP contribution in [0.25, 0.3) is 0 Å². The number of nitrogens with two attached hydrogens (primary N) is 1. The minimum atomic E-state index is 0.751. The maximum atomic E-state index is 5.35. The molecule has 0 saturated carbocycles. The molecule has 2 nitrogen and oxygen atoms in total. The summed E-state index contributed by atoms with van der Waals surface area (Å²) >= 11 is 0. The molecule has 1 rings (SSSR count). The first-order valence-electron chi connectivity index (χ1n) is 4.51. The second kappa shape index (κ2) is 5.33. The van der Waals surface area contributed by atoms with E-state index in [0.717, 1.165) is 25.6 Å². The summed E-state index contributed by atoms with van der Waals surface area (Å²) in [5.41, 5.74) is 5.35. The fourth-order valence-electron chi connectivity index (χ4n) is 1.45. The van der Waals surface area contributed by atoms with Crippen molar-refractivity contribution in [1.29, 1.82) is 0 Å². The van der Waals surface area contributed by atoms with E-state index in [1.165, 1.54) is 19.3 Å². The normalized spacial score (nSPS) is 22.8. The van der Waals surface area contributed by atoms with Crippen molar-refractivity contribution in [1.82, 2.24) is 5.32 Å². The zero-order chi connectivity index (χ0) is 7.94. The zero-order valence-corrected chi connectivity index (χ0v) is 7.05. The Balaban J connectivity index is 1.90. The van der Waals surface area contributed by atoms with E-state index in [1.807, 2.05) is 0 Å². The second-order valence-corrected chi connectivity index (χ2v) is 3.09. The Morgan fingerprint density at radius 3 is 3.00 bits per heavy atom. The maximum Gasteiger partial charge on any atom is 0.00745 e. The standard InChI is InChI=1S/C9H18N2/c10-6-8-11-7-5-9-3-1-2-4-9/h1,3,9,11H,2,4-8,10H2. The lowest BCUT2D eigenvalue weighted by Crippen LogP contribution is -2.24. The number of hydrogen-bond donors (Lipinski definition) is 2. The van der Waals surface area contributed by atoms with Crippen LogP contribution in [0.5, 0.6) is 0 Å². The van der Waals surface area contributed by atoms with Crippen molar-refractivity contribution in [2.75, 3.05) is 19.6 Å². The molecule has 0 aromatic rings. The van der Waals surface area contributed by atoms with E-state index >= 15 is 0 Å². The molecule has 11 heavy (non-hydrogen) atoms. The average molecular weight is 154 g/mol. The molecule has 0 heterocycles. The van der Waals surface area contributed by atoms with Crippen molar-refractivity contribution < 1.29 is 0 Å². The molecule has 0 aliphatic heterocycles. The lowest BCUT2D eigenvalue weighted by molar-refractivity contribution is 0.538. The Morgan fingerprint density at radius 1 is 1.45 bits per heavy atom. The summed E-state index contributed by atoms with van der Waals surface area (Å²) in [7, 11) is 0. The average Bonchev–Trinajstić information content (AvgIpc) is 2.50. The summed E-state index contributed by atoms with van der Waals surface area (Å²) in [6.45, 7) is 2.82. The Morgan fingerprint density at radius 2 is 2.36 bits per heavy atom. The van der Waals surface area contributed by atoms with E-state index < -0.39 is 0 Å². The molecule has 0 aromatic heterocycles. The quantitative estimate of drug-likeness (QED) is 0.456. The van der Waals surface area contributed by atoms with Gasteiger partial charge in [0.2, 0.25) is 0 Å². The molecule has 1 unspecified atom stereocenters. The van der Waals surface area contributed by atoms with Crippen molar-refractivity contribution in [3.05, 3.63) is 12.2 Å². The monoisotopic (exact) mass is 154 g/mol. The van der Waals surface area contributed by atoms with Gasteiger partial charge in [0, 0.05) is 13.1 Å². The molecule has 2 heteroatoms. The van der Waals surface area contributed by atoms with Crippen molar-refractivity contribution in [2.24, 2.45) is 11.7 Å². The van der Waals surface area contributed by atoms with Crippen molar-refractivity contribution in [2.45, 2.75) is 19.3 Å². The molecule has 0 aromatic carbocycles. The van der Waals surface area contributed by atoms with E-state index in [2.05, 4.69) is 17.5 Å². The van der Waals surface area contributed by atoms with Crippen LogP contribution in [0.2, 0.25) is 0 Å². The summed E-state index contributed by atoms with van der Waals surface area (Å²) in [4.78, 5) is 0. The molecule has 1 aliphatic carbocycles. The first-order chi connectivity index (χ1) is 5.43.